The lowest BCUT2D eigenvalue weighted by Gasteiger charge is -2.28. The molecule has 2 aliphatic rings. The fraction of sp³-hybridized carbons (Fsp3) is 0.240. The Bertz CT molecular complexity index is 1380. The summed E-state index contributed by atoms with van der Waals surface area (Å²) in [6.07, 6.45) is 1.23. The molecule has 34 heavy (non-hydrogen) atoms. The van der Waals surface area contributed by atoms with E-state index in [9.17, 15) is 4.79 Å². The van der Waals surface area contributed by atoms with Gasteiger partial charge in [0.15, 0.2) is 5.65 Å². The van der Waals surface area contributed by atoms with Crippen molar-refractivity contribution in [3.63, 3.8) is 0 Å². The number of aromatic amines is 1. The van der Waals surface area contributed by atoms with E-state index in [-0.39, 0.29) is 5.91 Å². The molecule has 0 saturated carbocycles. The monoisotopic (exact) mass is 475 g/mol. The molecule has 9 heteroatoms. The number of anilines is 2. The molecule has 0 spiro atoms. The van der Waals surface area contributed by atoms with Crippen molar-refractivity contribution in [2.75, 3.05) is 36.5 Å². The number of amides is 1. The number of morpholine rings is 1. The summed E-state index contributed by atoms with van der Waals surface area (Å²) in [5.41, 5.74) is 5.79. The number of nitrogens with zero attached hydrogens (tertiary/aromatic N) is 3. The van der Waals surface area contributed by atoms with Crippen LogP contribution in [0.15, 0.2) is 48.5 Å². The molecule has 4 aromatic rings. The van der Waals surface area contributed by atoms with E-state index in [1.807, 2.05) is 30.3 Å². The molecule has 1 saturated heterocycles. The molecule has 2 aromatic carbocycles. The normalized spacial score (nSPS) is 15.8. The summed E-state index contributed by atoms with van der Waals surface area (Å²) in [6, 6.07) is 16.0. The average molecular weight is 476 g/mol. The predicted octanol–water partition coefficient (Wildman–Crippen LogP) is 4.79. The number of fused-ring (bicyclic) bond motifs is 2. The second-order valence-electron chi connectivity index (χ2n) is 8.35. The lowest BCUT2D eigenvalue weighted by atomic mass is 10.0. The zero-order valence-electron chi connectivity index (χ0n) is 18.3. The molecule has 1 fully saturated rings. The SMILES string of the molecule is O=C1CCc2ccc(Oc3nc4nc(-c5ccc(N6CCOCC6)cc5)c(Cl)cc4[nH]3)cc2N1. The smallest absolute Gasteiger partial charge is 0.301 e. The van der Waals surface area contributed by atoms with Gasteiger partial charge in [-0.15, -0.1) is 0 Å². The molecule has 2 N–H and O–H groups in total. The van der Waals surface area contributed by atoms with Crippen LogP contribution >= 0.6 is 11.6 Å². The van der Waals surface area contributed by atoms with Gasteiger partial charge in [-0.25, -0.2) is 4.98 Å². The number of aryl methyl sites for hydroxylation is 1. The summed E-state index contributed by atoms with van der Waals surface area (Å²) < 4.78 is 11.3. The zero-order chi connectivity index (χ0) is 23.1. The highest BCUT2D eigenvalue weighted by Gasteiger charge is 2.17. The molecule has 6 rings (SSSR count). The van der Waals surface area contributed by atoms with Crippen molar-refractivity contribution in [1.82, 2.24) is 15.0 Å². The summed E-state index contributed by atoms with van der Waals surface area (Å²) in [6.45, 7) is 3.26. The van der Waals surface area contributed by atoms with Crippen LogP contribution in [0.3, 0.4) is 0 Å². The molecule has 1 amide bonds. The van der Waals surface area contributed by atoms with Crippen LogP contribution in [0.5, 0.6) is 11.8 Å². The van der Waals surface area contributed by atoms with Crippen LogP contribution < -0.4 is 15.0 Å². The number of carbonyl (C=O) groups is 1. The standard InChI is InChI=1S/C25H22ClN5O3/c26-19-14-21-24(29-23(19)16-1-5-17(6-2-16)31-9-11-33-12-10-31)30-25(28-21)34-18-7-3-15-4-8-22(32)27-20(15)13-18/h1-3,5-7,13-14H,4,8-12H2,(H,27,32)(H,28,29,30). The first-order valence-corrected chi connectivity index (χ1v) is 11.6. The molecule has 0 atom stereocenters. The maximum atomic E-state index is 11.7. The van der Waals surface area contributed by atoms with Crippen LogP contribution in [0.25, 0.3) is 22.4 Å². The summed E-state index contributed by atoms with van der Waals surface area (Å²) in [4.78, 5) is 26.3. The lowest BCUT2D eigenvalue weighted by molar-refractivity contribution is -0.116. The van der Waals surface area contributed by atoms with Crippen molar-refractivity contribution in [1.29, 1.82) is 0 Å². The maximum absolute atomic E-state index is 11.7. The Morgan fingerprint density at radius 2 is 1.82 bits per heavy atom. The molecule has 0 unspecified atom stereocenters. The number of ether oxygens (including phenoxy) is 2. The number of hydrogen-bond acceptors (Lipinski definition) is 6. The second kappa shape index (κ2) is 8.62. The first kappa shape index (κ1) is 20.9. The molecule has 172 valence electrons. The number of halogens is 1. The molecule has 2 aromatic heterocycles. The first-order valence-electron chi connectivity index (χ1n) is 11.2. The van der Waals surface area contributed by atoms with E-state index in [1.165, 1.54) is 0 Å². The van der Waals surface area contributed by atoms with Crippen molar-refractivity contribution in [3.8, 4) is 23.0 Å². The Morgan fingerprint density at radius 1 is 1.00 bits per heavy atom. The van der Waals surface area contributed by atoms with Gasteiger partial charge in [0, 0.05) is 42.5 Å². The van der Waals surface area contributed by atoms with E-state index < -0.39 is 0 Å². The molecule has 0 bridgehead atoms. The van der Waals surface area contributed by atoms with Crippen molar-refractivity contribution < 1.29 is 14.3 Å². The van der Waals surface area contributed by atoms with E-state index in [2.05, 4.69) is 37.3 Å². The fourth-order valence-electron chi connectivity index (χ4n) is 4.32. The third-order valence-electron chi connectivity index (χ3n) is 6.11. The number of hydrogen-bond donors (Lipinski definition) is 2. The number of rotatable bonds is 4. The van der Waals surface area contributed by atoms with E-state index >= 15 is 0 Å². The summed E-state index contributed by atoms with van der Waals surface area (Å²) >= 11 is 6.57. The Balaban J connectivity index is 1.25. The predicted molar refractivity (Wildman–Crippen MR) is 131 cm³/mol. The van der Waals surface area contributed by atoms with Gasteiger partial charge in [-0.1, -0.05) is 29.8 Å². The zero-order valence-corrected chi connectivity index (χ0v) is 19.1. The van der Waals surface area contributed by atoms with E-state index in [0.717, 1.165) is 55.2 Å². The van der Waals surface area contributed by atoms with Gasteiger partial charge in [-0.2, -0.15) is 4.98 Å². The molecular formula is C25H22ClN5O3. The minimum absolute atomic E-state index is 0.0118. The van der Waals surface area contributed by atoms with E-state index in [0.29, 0.717) is 40.1 Å². The summed E-state index contributed by atoms with van der Waals surface area (Å²) in [5, 5.41) is 3.41. The van der Waals surface area contributed by atoms with Crippen molar-refractivity contribution >= 4 is 40.0 Å². The van der Waals surface area contributed by atoms with Gasteiger partial charge in [0.05, 0.1) is 29.4 Å². The number of imidazole rings is 1. The molecule has 0 radical (unpaired) electrons. The average Bonchev–Trinajstić information content (AvgIpc) is 3.25. The molecule has 8 nitrogen and oxygen atoms in total. The minimum atomic E-state index is 0.0118. The largest absolute Gasteiger partial charge is 0.426 e. The second-order valence-corrected chi connectivity index (χ2v) is 8.75. The lowest BCUT2D eigenvalue weighted by Crippen LogP contribution is -2.36. The Hall–Kier alpha value is -3.62. The van der Waals surface area contributed by atoms with Crippen LogP contribution in [0.4, 0.5) is 11.4 Å². The Labute approximate surface area is 200 Å². The van der Waals surface area contributed by atoms with Gasteiger partial charge in [-0.05, 0) is 36.2 Å². The van der Waals surface area contributed by atoms with E-state index in [4.69, 9.17) is 21.1 Å². The first-order chi connectivity index (χ1) is 16.6. The molecule has 2 aliphatic heterocycles. The fourth-order valence-corrected chi connectivity index (χ4v) is 4.58. The summed E-state index contributed by atoms with van der Waals surface area (Å²) in [5.74, 6) is 0.586. The van der Waals surface area contributed by atoms with Gasteiger partial charge in [0.1, 0.15) is 5.75 Å². The number of pyridine rings is 1. The highest BCUT2D eigenvalue weighted by atomic mass is 35.5. The maximum Gasteiger partial charge on any atom is 0.301 e. The van der Waals surface area contributed by atoms with Crippen LogP contribution in [0, 0.1) is 0 Å². The van der Waals surface area contributed by atoms with Gasteiger partial charge < -0.3 is 24.7 Å². The van der Waals surface area contributed by atoms with Crippen LogP contribution in [-0.4, -0.2) is 47.2 Å². The minimum Gasteiger partial charge on any atom is -0.426 e. The van der Waals surface area contributed by atoms with Crippen molar-refractivity contribution in [2.45, 2.75) is 12.8 Å². The quantitative estimate of drug-likeness (QED) is 0.441. The molecular weight excluding hydrogens is 454 g/mol. The van der Waals surface area contributed by atoms with Gasteiger partial charge >= 0.3 is 6.01 Å². The Kier molecular flexibility index (Phi) is 5.31. The van der Waals surface area contributed by atoms with Crippen LogP contribution in [0.1, 0.15) is 12.0 Å². The van der Waals surface area contributed by atoms with E-state index in [1.54, 1.807) is 6.07 Å². The number of carbonyl (C=O) groups excluding carboxylic acids is 1. The highest BCUT2D eigenvalue weighted by molar-refractivity contribution is 6.33. The highest BCUT2D eigenvalue weighted by Crippen LogP contribution is 2.33. The third kappa shape index (κ3) is 4.06. The van der Waals surface area contributed by atoms with Gasteiger partial charge in [-0.3, -0.25) is 4.79 Å². The molecule has 4 heterocycles. The van der Waals surface area contributed by atoms with Gasteiger partial charge in [0.25, 0.3) is 0 Å². The number of benzene rings is 2. The van der Waals surface area contributed by atoms with Crippen molar-refractivity contribution in [3.05, 3.63) is 59.1 Å². The number of aromatic nitrogens is 3. The van der Waals surface area contributed by atoms with Gasteiger partial charge in [0.2, 0.25) is 5.91 Å². The number of nitrogens with one attached hydrogen (secondary N) is 2. The summed E-state index contributed by atoms with van der Waals surface area (Å²) in [7, 11) is 0. The van der Waals surface area contributed by atoms with Crippen LogP contribution in [-0.2, 0) is 16.0 Å². The van der Waals surface area contributed by atoms with Crippen molar-refractivity contribution in [2.24, 2.45) is 0 Å². The Morgan fingerprint density at radius 3 is 2.65 bits per heavy atom. The number of H-pyrrole nitrogens is 1. The topological polar surface area (TPSA) is 92.4 Å². The third-order valence-corrected chi connectivity index (χ3v) is 6.40. The molecule has 0 aliphatic carbocycles. The van der Waals surface area contributed by atoms with Crippen LogP contribution in [0.2, 0.25) is 5.02 Å².